The summed E-state index contributed by atoms with van der Waals surface area (Å²) in [4.78, 5) is 0. The minimum Gasteiger partial charge on any atom is -0.483 e. The fourth-order valence-corrected chi connectivity index (χ4v) is 2.00. The molecular formula is C15H20FN3O2. The highest BCUT2D eigenvalue weighted by atomic mass is 19.1. The Balaban J connectivity index is 2.10. The van der Waals surface area contributed by atoms with Crippen LogP contribution in [0.4, 0.5) is 4.39 Å². The Morgan fingerprint density at radius 1 is 1.38 bits per heavy atom. The zero-order valence-electron chi connectivity index (χ0n) is 12.5. The molecule has 1 unspecified atom stereocenters. The molecule has 0 bridgehead atoms. The molecule has 0 fully saturated rings. The van der Waals surface area contributed by atoms with Gasteiger partial charge in [-0.1, -0.05) is 6.92 Å². The molecule has 0 spiro atoms. The lowest BCUT2D eigenvalue weighted by molar-refractivity contribution is 0.256. The standard InChI is InChI=1S/C15H20FN3O2/c1-4-7-17-10(2)13-8-12(16)5-6-14(13)20-9-15-19-18-11(3)21-15/h5-6,8,10,17H,4,7,9H2,1-3H3. The van der Waals surface area contributed by atoms with Gasteiger partial charge >= 0.3 is 0 Å². The highest BCUT2D eigenvalue weighted by Gasteiger charge is 2.13. The van der Waals surface area contributed by atoms with E-state index in [1.807, 2.05) is 6.92 Å². The first-order valence-corrected chi connectivity index (χ1v) is 7.04. The van der Waals surface area contributed by atoms with E-state index in [-0.39, 0.29) is 18.5 Å². The molecule has 1 heterocycles. The summed E-state index contributed by atoms with van der Waals surface area (Å²) >= 11 is 0. The minimum absolute atomic E-state index is 0.0000660. The molecule has 0 saturated carbocycles. The third-order valence-electron chi connectivity index (χ3n) is 3.06. The van der Waals surface area contributed by atoms with Crippen LogP contribution in [0.3, 0.4) is 0 Å². The van der Waals surface area contributed by atoms with E-state index in [2.05, 4.69) is 22.4 Å². The van der Waals surface area contributed by atoms with Crippen molar-refractivity contribution in [2.75, 3.05) is 6.54 Å². The number of rotatable bonds is 7. The Bertz CT molecular complexity index is 586. The second kappa shape index (κ2) is 7.17. The van der Waals surface area contributed by atoms with Gasteiger partial charge in [-0.2, -0.15) is 0 Å². The van der Waals surface area contributed by atoms with E-state index in [1.54, 1.807) is 13.0 Å². The fraction of sp³-hybridized carbons (Fsp3) is 0.467. The van der Waals surface area contributed by atoms with Crippen molar-refractivity contribution in [1.82, 2.24) is 15.5 Å². The number of nitrogens with one attached hydrogen (secondary N) is 1. The summed E-state index contributed by atoms with van der Waals surface area (Å²) in [6.07, 6.45) is 1.01. The zero-order chi connectivity index (χ0) is 15.2. The van der Waals surface area contributed by atoms with Crippen molar-refractivity contribution in [2.24, 2.45) is 0 Å². The van der Waals surface area contributed by atoms with E-state index in [1.165, 1.54) is 12.1 Å². The van der Waals surface area contributed by atoms with Gasteiger partial charge in [0.1, 0.15) is 11.6 Å². The summed E-state index contributed by atoms with van der Waals surface area (Å²) in [7, 11) is 0. The van der Waals surface area contributed by atoms with Crippen LogP contribution in [-0.4, -0.2) is 16.7 Å². The molecule has 0 amide bonds. The SMILES string of the molecule is CCCNC(C)c1cc(F)ccc1OCc1nnc(C)o1. The molecule has 0 aliphatic carbocycles. The highest BCUT2D eigenvalue weighted by Crippen LogP contribution is 2.26. The first-order valence-electron chi connectivity index (χ1n) is 7.04. The maximum Gasteiger partial charge on any atom is 0.253 e. The van der Waals surface area contributed by atoms with Gasteiger partial charge in [-0.25, -0.2) is 4.39 Å². The summed E-state index contributed by atoms with van der Waals surface area (Å²) in [6.45, 7) is 6.81. The second-order valence-corrected chi connectivity index (χ2v) is 4.86. The number of hydrogen-bond acceptors (Lipinski definition) is 5. The van der Waals surface area contributed by atoms with Crippen molar-refractivity contribution in [1.29, 1.82) is 0 Å². The van der Waals surface area contributed by atoms with E-state index in [0.29, 0.717) is 17.5 Å². The zero-order valence-corrected chi connectivity index (χ0v) is 12.5. The molecule has 0 radical (unpaired) electrons. The first-order chi connectivity index (χ1) is 10.1. The summed E-state index contributed by atoms with van der Waals surface area (Å²) in [5, 5.41) is 10.9. The van der Waals surface area contributed by atoms with Crippen molar-refractivity contribution in [3.05, 3.63) is 41.4 Å². The van der Waals surface area contributed by atoms with Crippen LogP contribution < -0.4 is 10.1 Å². The summed E-state index contributed by atoms with van der Waals surface area (Å²) in [5.74, 6) is 1.22. The van der Waals surface area contributed by atoms with Crippen LogP contribution in [-0.2, 0) is 6.61 Å². The van der Waals surface area contributed by atoms with Gasteiger partial charge in [0.2, 0.25) is 5.89 Å². The van der Waals surface area contributed by atoms with Crippen LogP contribution in [0.25, 0.3) is 0 Å². The van der Waals surface area contributed by atoms with Crippen molar-refractivity contribution in [2.45, 2.75) is 39.8 Å². The van der Waals surface area contributed by atoms with Gasteiger partial charge in [-0.15, -0.1) is 10.2 Å². The topological polar surface area (TPSA) is 60.2 Å². The molecule has 2 rings (SSSR count). The molecule has 1 N–H and O–H groups in total. The summed E-state index contributed by atoms with van der Waals surface area (Å²) in [5.41, 5.74) is 0.777. The van der Waals surface area contributed by atoms with Crippen molar-refractivity contribution < 1.29 is 13.5 Å². The van der Waals surface area contributed by atoms with E-state index >= 15 is 0 Å². The lowest BCUT2D eigenvalue weighted by Gasteiger charge is -2.17. The highest BCUT2D eigenvalue weighted by molar-refractivity contribution is 5.36. The number of hydrogen-bond donors (Lipinski definition) is 1. The number of halogens is 1. The van der Waals surface area contributed by atoms with Crippen LogP contribution in [0.1, 0.15) is 43.7 Å². The molecular weight excluding hydrogens is 273 g/mol. The molecule has 1 aromatic carbocycles. The van der Waals surface area contributed by atoms with Crippen LogP contribution in [0.15, 0.2) is 22.6 Å². The van der Waals surface area contributed by atoms with Crippen LogP contribution in [0, 0.1) is 12.7 Å². The maximum absolute atomic E-state index is 13.5. The van der Waals surface area contributed by atoms with Gasteiger partial charge in [0.15, 0.2) is 6.61 Å². The largest absolute Gasteiger partial charge is 0.483 e. The lowest BCUT2D eigenvalue weighted by Crippen LogP contribution is -2.20. The van der Waals surface area contributed by atoms with Gasteiger partial charge in [0.25, 0.3) is 5.89 Å². The normalized spacial score (nSPS) is 12.4. The van der Waals surface area contributed by atoms with Crippen LogP contribution in [0.5, 0.6) is 5.75 Å². The smallest absolute Gasteiger partial charge is 0.253 e. The molecule has 1 aromatic heterocycles. The summed E-state index contributed by atoms with van der Waals surface area (Å²) < 4.78 is 24.4. The lowest BCUT2D eigenvalue weighted by atomic mass is 10.1. The molecule has 1 atom stereocenters. The van der Waals surface area contributed by atoms with Gasteiger partial charge in [-0.3, -0.25) is 0 Å². The number of aryl methyl sites for hydroxylation is 1. The molecule has 0 aliphatic rings. The molecule has 2 aromatic rings. The Labute approximate surface area is 123 Å². The number of ether oxygens (including phenoxy) is 1. The Kier molecular flexibility index (Phi) is 5.27. The van der Waals surface area contributed by atoms with Gasteiger partial charge in [0.05, 0.1) is 0 Å². The monoisotopic (exact) mass is 293 g/mol. The average molecular weight is 293 g/mol. The Morgan fingerprint density at radius 3 is 2.86 bits per heavy atom. The first kappa shape index (κ1) is 15.4. The minimum atomic E-state index is -0.281. The van der Waals surface area contributed by atoms with E-state index in [9.17, 15) is 4.39 Å². The fourth-order valence-electron chi connectivity index (χ4n) is 2.00. The Morgan fingerprint density at radius 2 is 2.19 bits per heavy atom. The van der Waals surface area contributed by atoms with Gasteiger partial charge in [-0.05, 0) is 38.1 Å². The van der Waals surface area contributed by atoms with Crippen molar-refractivity contribution in [3.8, 4) is 5.75 Å². The molecule has 6 heteroatoms. The number of aromatic nitrogens is 2. The molecule has 0 aliphatic heterocycles. The molecule has 5 nitrogen and oxygen atoms in total. The van der Waals surface area contributed by atoms with E-state index < -0.39 is 0 Å². The van der Waals surface area contributed by atoms with Crippen LogP contribution >= 0.6 is 0 Å². The maximum atomic E-state index is 13.5. The predicted octanol–water partition coefficient (Wildman–Crippen LogP) is 3.16. The van der Waals surface area contributed by atoms with Crippen LogP contribution in [0.2, 0.25) is 0 Å². The molecule has 21 heavy (non-hydrogen) atoms. The number of nitrogens with zero attached hydrogens (tertiary/aromatic N) is 2. The van der Waals surface area contributed by atoms with E-state index in [4.69, 9.17) is 9.15 Å². The Hall–Kier alpha value is -1.95. The predicted molar refractivity (Wildman–Crippen MR) is 76.5 cm³/mol. The average Bonchev–Trinajstić information content (AvgIpc) is 2.89. The van der Waals surface area contributed by atoms with Crippen molar-refractivity contribution in [3.63, 3.8) is 0 Å². The summed E-state index contributed by atoms with van der Waals surface area (Å²) in [6, 6.07) is 4.49. The molecule has 114 valence electrons. The quantitative estimate of drug-likeness (QED) is 0.849. The molecule has 0 saturated heterocycles. The third-order valence-corrected chi connectivity index (χ3v) is 3.06. The van der Waals surface area contributed by atoms with Crippen molar-refractivity contribution >= 4 is 0 Å². The van der Waals surface area contributed by atoms with Gasteiger partial charge in [0, 0.05) is 18.5 Å². The number of benzene rings is 1. The third kappa shape index (κ3) is 4.26. The second-order valence-electron chi connectivity index (χ2n) is 4.86. The van der Waals surface area contributed by atoms with Gasteiger partial charge < -0.3 is 14.5 Å². The van der Waals surface area contributed by atoms with E-state index in [0.717, 1.165) is 18.5 Å².